The van der Waals surface area contributed by atoms with Gasteiger partial charge in [-0.2, -0.15) is 0 Å². The molecule has 0 amide bonds. The van der Waals surface area contributed by atoms with Crippen LogP contribution in [0.15, 0.2) is 28.9 Å². The first kappa shape index (κ1) is 14.7. The highest BCUT2D eigenvalue weighted by molar-refractivity contribution is 9.10. The van der Waals surface area contributed by atoms with Crippen molar-refractivity contribution < 1.29 is 18.7 Å². The van der Waals surface area contributed by atoms with Crippen LogP contribution in [0, 0.1) is 11.6 Å². The first-order valence-corrected chi connectivity index (χ1v) is 6.36. The van der Waals surface area contributed by atoms with Crippen molar-refractivity contribution >= 4 is 45.0 Å². The molecule has 0 aliphatic heterocycles. The normalized spacial score (nSPS) is 10.4. The average molecular weight is 364 g/mol. The molecule has 2 rings (SSSR count). The van der Waals surface area contributed by atoms with Crippen molar-refractivity contribution in [2.45, 2.75) is 0 Å². The Bertz CT molecular complexity index is 697. The second kappa shape index (κ2) is 5.72. The summed E-state index contributed by atoms with van der Waals surface area (Å²) in [5.41, 5.74) is -0.142. The fourth-order valence-corrected chi connectivity index (χ4v) is 1.95. The predicted octanol–water partition coefficient (Wildman–Crippen LogP) is 4.22. The maximum atomic E-state index is 13.6. The highest BCUT2D eigenvalue weighted by atomic mass is 79.9. The molecule has 0 atom stereocenters. The molecule has 0 unspecified atom stereocenters. The lowest BCUT2D eigenvalue weighted by Gasteiger charge is -2.09. The summed E-state index contributed by atoms with van der Waals surface area (Å²) in [7, 11) is 0. The Morgan fingerprint density at radius 2 is 2.00 bits per heavy atom. The Kier molecular flexibility index (Phi) is 4.20. The summed E-state index contributed by atoms with van der Waals surface area (Å²) in [5, 5.41) is 11.3. The number of carboxylic acid groups (broad SMARTS) is 1. The molecular formula is C12H6BrClF2N2O2. The number of carboxylic acids is 1. The smallest absolute Gasteiger partial charge is 0.337 e. The third-order valence-corrected chi connectivity index (χ3v) is 3.25. The van der Waals surface area contributed by atoms with Gasteiger partial charge in [0.15, 0.2) is 0 Å². The van der Waals surface area contributed by atoms with Gasteiger partial charge in [0, 0.05) is 12.3 Å². The molecule has 4 nitrogen and oxygen atoms in total. The van der Waals surface area contributed by atoms with Crippen molar-refractivity contribution in [3.8, 4) is 0 Å². The van der Waals surface area contributed by atoms with E-state index in [9.17, 15) is 13.6 Å². The fraction of sp³-hybridized carbons (Fsp3) is 0. The number of hydrogen-bond acceptors (Lipinski definition) is 3. The monoisotopic (exact) mass is 362 g/mol. The van der Waals surface area contributed by atoms with Gasteiger partial charge in [-0.15, -0.1) is 0 Å². The maximum absolute atomic E-state index is 13.6. The van der Waals surface area contributed by atoms with Crippen molar-refractivity contribution in [3.63, 3.8) is 0 Å². The molecule has 0 saturated carbocycles. The van der Waals surface area contributed by atoms with Crippen LogP contribution in [0.25, 0.3) is 0 Å². The second-order valence-corrected chi connectivity index (χ2v) is 4.99. The number of halogens is 4. The number of aromatic carboxylic acids is 1. The van der Waals surface area contributed by atoms with Gasteiger partial charge in [0.25, 0.3) is 0 Å². The average Bonchev–Trinajstić information content (AvgIpc) is 2.37. The van der Waals surface area contributed by atoms with Gasteiger partial charge in [0.05, 0.1) is 20.7 Å². The predicted molar refractivity (Wildman–Crippen MR) is 73.5 cm³/mol. The van der Waals surface area contributed by atoms with E-state index in [4.69, 9.17) is 16.7 Å². The minimum absolute atomic E-state index is 0.00440. The quantitative estimate of drug-likeness (QED) is 0.802. The van der Waals surface area contributed by atoms with Gasteiger partial charge < -0.3 is 10.4 Å². The molecule has 0 bridgehead atoms. The topological polar surface area (TPSA) is 62.2 Å². The molecule has 0 aliphatic carbocycles. The van der Waals surface area contributed by atoms with Crippen LogP contribution in [0.2, 0.25) is 5.02 Å². The van der Waals surface area contributed by atoms with Crippen LogP contribution in [0.5, 0.6) is 0 Å². The van der Waals surface area contributed by atoms with Gasteiger partial charge in [0.2, 0.25) is 0 Å². The molecule has 2 N–H and O–H groups in total. The van der Waals surface area contributed by atoms with Crippen LogP contribution in [0.3, 0.4) is 0 Å². The van der Waals surface area contributed by atoms with Crippen LogP contribution >= 0.6 is 27.5 Å². The first-order chi connectivity index (χ1) is 9.38. The minimum atomic E-state index is -1.18. The van der Waals surface area contributed by atoms with Gasteiger partial charge in [-0.1, -0.05) is 11.6 Å². The molecule has 1 aromatic heterocycles. The molecule has 0 aliphatic rings. The number of benzene rings is 1. The summed E-state index contributed by atoms with van der Waals surface area (Å²) in [4.78, 5) is 14.5. The Balaban J connectivity index is 2.35. The van der Waals surface area contributed by atoms with Crippen molar-refractivity contribution in [1.82, 2.24) is 4.98 Å². The number of nitrogens with zero attached hydrogens (tertiary/aromatic N) is 1. The fourth-order valence-electron chi connectivity index (χ4n) is 1.39. The molecule has 1 heterocycles. The number of anilines is 2. The lowest BCUT2D eigenvalue weighted by Crippen LogP contribution is -2.02. The lowest BCUT2D eigenvalue weighted by molar-refractivity contribution is 0.0696. The summed E-state index contributed by atoms with van der Waals surface area (Å²) in [6.07, 6.45) is 1.08. The van der Waals surface area contributed by atoms with Crippen molar-refractivity contribution in [2.24, 2.45) is 0 Å². The van der Waals surface area contributed by atoms with Crippen LogP contribution in [-0.2, 0) is 0 Å². The van der Waals surface area contributed by atoms with Gasteiger partial charge in [0.1, 0.15) is 17.5 Å². The Hall–Kier alpha value is -1.73. The van der Waals surface area contributed by atoms with E-state index in [-0.39, 0.29) is 26.6 Å². The number of nitrogens with one attached hydrogen (secondary N) is 1. The number of pyridine rings is 1. The van der Waals surface area contributed by atoms with Gasteiger partial charge >= 0.3 is 5.97 Å². The van der Waals surface area contributed by atoms with Crippen molar-refractivity contribution in [1.29, 1.82) is 0 Å². The van der Waals surface area contributed by atoms with E-state index in [1.54, 1.807) is 0 Å². The molecule has 104 valence electrons. The molecule has 0 radical (unpaired) electrons. The maximum Gasteiger partial charge on any atom is 0.337 e. The highest BCUT2D eigenvalue weighted by Crippen LogP contribution is 2.29. The van der Waals surface area contributed by atoms with Crippen molar-refractivity contribution in [3.05, 3.63) is 51.1 Å². The number of hydrogen-bond donors (Lipinski definition) is 2. The number of rotatable bonds is 3. The second-order valence-electron chi connectivity index (χ2n) is 3.73. The van der Waals surface area contributed by atoms with E-state index < -0.39 is 17.6 Å². The van der Waals surface area contributed by atoms with E-state index in [0.717, 1.165) is 6.20 Å². The van der Waals surface area contributed by atoms with E-state index in [1.165, 1.54) is 12.1 Å². The van der Waals surface area contributed by atoms with E-state index in [0.29, 0.717) is 6.07 Å². The third kappa shape index (κ3) is 3.05. The molecule has 2 aromatic rings. The standard InChI is InChI=1S/C12H6BrClF2N2O2/c13-6-2-10(9(16)3-8(6)15)18-11-7(14)1-5(4-17-11)12(19)20/h1-4H,(H,17,18)(H,19,20). The number of carbonyl (C=O) groups is 1. The minimum Gasteiger partial charge on any atom is -0.478 e. The molecular weight excluding hydrogens is 357 g/mol. The molecule has 0 saturated heterocycles. The van der Waals surface area contributed by atoms with Crippen LogP contribution in [0.4, 0.5) is 20.3 Å². The van der Waals surface area contributed by atoms with E-state index in [1.807, 2.05) is 0 Å². The largest absolute Gasteiger partial charge is 0.478 e. The molecule has 8 heteroatoms. The molecule has 0 spiro atoms. The van der Waals surface area contributed by atoms with E-state index >= 15 is 0 Å². The summed E-state index contributed by atoms with van der Waals surface area (Å²) in [5.74, 6) is -2.69. The summed E-state index contributed by atoms with van der Waals surface area (Å²) in [6, 6.07) is 3.06. The first-order valence-electron chi connectivity index (χ1n) is 5.19. The van der Waals surface area contributed by atoms with Gasteiger partial charge in [-0.25, -0.2) is 18.6 Å². The van der Waals surface area contributed by atoms with Gasteiger partial charge in [-0.3, -0.25) is 0 Å². The van der Waals surface area contributed by atoms with E-state index in [2.05, 4.69) is 26.2 Å². The number of aromatic nitrogens is 1. The Labute approximate surface area is 125 Å². The zero-order valence-electron chi connectivity index (χ0n) is 9.62. The third-order valence-electron chi connectivity index (χ3n) is 2.35. The molecule has 0 fully saturated rings. The molecule has 1 aromatic carbocycles. The molecule has 20 heavy (non-hydrogen) atoms. The zero-order valence-corrected chi connectivity index (χ0v) is 12.0. The zero-order chi connectivity index (χ0) is 14.9. The summed E-state index contributed by atoms with van der Waals surface area (Å²) in [6.45, 7) is 0. The van der Waals surface area contributed by atoms with Crippen LogP contribution in [-0.4, -0.2) is 16.1 Å². The Morgan fingerprint density at radius 3 is 2.60 bits per heavy atom. The SMILES string of the molecule is O=C(O)c1cnc(Nc2cc(Br)c(F)cc2F)c(Cl)c1. The lowest BCUT2D eigenvalue weighted by atomic mass is 10.2. The van der Waals surface area contributed by atoms with Gasteiger partial charge in [-0.05, 0) is 28.1 Å². The Morgan fingerprint density at radius 1 is 1.30 bits per heavy atom. The van der Waals surface area contributed by atoms with Crippen LogP contribution < -0.4 is 5.32 Å². The summed E-state index contributed by atoms with van der Waals surface area (Å²) >= 11 is 8.78. The highest BCUT2D eigenvalue weighted by Gasteiger charge is 2.12. The van der Waals surface area contributed by atoms with Crippen LogP contribution in [0.1, 0.15) is 10.4 Å². The summed E-state index contributed by atoms with van der Waals surface area (Å²) < 4.78 is 26.7. The van der Waals surface area contributed by atoms with Crippen molar-refractivity contribution in [2.75, 3.05) is 5.32 Å².